The van der Waals surface area contributed by atoms with Crippen molar-refractivity contribution < 1.29 is 4.79 Å². The number of hydrogen-bond donors (Lipinski definition) is 0. The average Bonchev–Trinajstić information content (AvgIpc) is 2.75. The first-order valence-electron chi connectivity index (χ1n) is 11.0. The SMILES string of the molecule is CCCCCCN(C(=O)N(CCCCCC)c1ccccc1)c1ccccc1. The Kier molecular flexibility index (Phi) is 10.2. The molecule has 152 valence electrons. The Labute approximate surface area is 171 Å². The number of hydrogen-bond acceptors (Lipinski definition) is 1. The van der Waals surface area contributed by atoms with Crippen molar-refractivity contribution in [3.63, 3.8) is 0 Å². The Morgan fingerprint density at radius 1 is 0.607 bits per heavy atom. The van der Waals surface area contributed by atoms with Crippen molar-refractivity contribution in [2.75, 3.05) is 22.9 Å². The van der Waals surface area contributed by atoms with Gasteiger partial charge < -0.3 is 0 Å². The molecule has 3 heteroatoms. The van der Waals surface area contributed by atoms with Crippen LogP contribution < -0.4 is 9.80 Å². The van der Waals surface area contributed by atoms with Gasteiger partial charge in [-0.15, -0.1) is 0 Å². The van der Waals surface area contributed by atoms with Gasteiger partial charge in [0.2, 0.25) is 0 Å². The molecule has 0 aliphatic carbocycles. The summed E-state index contributed by atoms with van der Waals surface area (Å²) in [4.78, 5) is 17.5. The van der Waals surface area contributed by atoms with Crippen molar-refractivity contribution in [2.45, 2.75) is 65.2 Å². The van der Waals surface area contributed by atoms with Crippen LogP contribution in [0.1, 0.15) is 65.2 Å². The maximum atomic E-state index is 13.6. The van der Waals surface area contributed by atoms with E-state index in [0.717, 1.165) is 50.1 Å². The predicted octanol–water partition coefficient (Wildman–Crippen LogP) is 7.28. The largest absolute Gasteiger partial charge is 0.328 e. The number of urea groups is 1. The Balaban J connectivity index is 2.19. The van der Waals surface area contributed by atoms with E-state index in [9.17, 15) is 4.79 Å². The average molecular weight is 381 g/mol. The van der Waals surface area contributed by atoms with Crippen molar-refractivity contribution in [1.29, 1.82) is 0 Å². The van der Waals surface area contributed by atoms with Gasteiger partial charge in [-0.1, -0.05) is 88.8 Å². The third-order valence-electron chi connectivity index (χ3n) is 5.07. The second-order valence-electron chi connectivity index (χ2n) is 7.38. The Morgan fingerprint density at radius 3 is 1.36 bits per heavy atom. The van der Waals surface area contributed by atoms with E-state index in [1.54, 1.807) is 0 Å². The number of rotatable bonds is 12. The molecule has 28 heavy (non-hydrogen) atoms. The molecule has 0 N–H and O–H groups in total. The Bertz CT molecular complexity index is 599. The first-order valence-corrected chi connectivity index (χ1v) is 11.0. The molecule has 2 aromatic carbocycles. The minimum absolute atomic E-state index is 0.0883. The summed E-state index contributed by atoms with van der Waals surface area (Å²) in [6.07, 6.45) is 9.23. The van der Waals surface area contributed by atoms with Gasteiger partial charge in [-0.2, -0.15) is 0 Å². The molecule has 0 atom stereocenters. The summed E-state index contributed by atoms with van der Waals surface area (Å²) < 4.78 is 0. The van der Waals surface area contributed by atoms with Gasteiger partial charge >= 0.3 is 6.03 Å². The molecule has 3 nitrogen and oxygen atoms in total. The van der Waals surface area contributed by atoms with Gasteiger partial charge in [0.05, 0.1) is 0 Å². The summed E-state index contributed by atoms with van der Waals surface area (Å²) in [5.74, 6) is 0. The molecule has 0 spiro atoms. The smallest absolute Gasteiger partial charge is 0.294 e. The number of nitrogens with zero attached hydrogens (tertiary/aromatic N) is 2. The van der Waals surface area contributed by atoms with Crippen LogP contribution in [0.5, 0.6) is 0 Å². The molecule has 0 unspecified atom stereocenters. The number of unbranched alkanes of at least 4 members (excludes halogenated alkanes) is 6. The number of benzene rings is 2. The highest BCUT2D eigenvalue weighted by molar-refractivity contribution is 6.03. The molecule has 2 rings (SSSR count). The molecule has 0 aromatic heterocycles. The lowest BCUT2D eigenvalue weighted by Crippen LogP contribution is -2.44. The van der Waals surface area contributed by atoms with Gasteiger partial charge in [0, 0.05) is 24.5 Å². The number of para-hydroxylation sites is 2. The normalized spacial score (nSPS) is 10.6. The number of carbonyl (C=O) groups is 1. The van der Waals surface area contributed by atoms with E-state index < -0.39 is 0 Å². The fraction of sp³-hybridized carbons (Fsp3) is 0.480. The molecule has 0 aliphatic heterocycles. The molecule has 0 heterocycles. The standard InChI is InChI=1S/C25H36N2O/c1-3-5-7-15-21-26(23-17-11-9-12-18-23)25(28)27(22-16-8-6-4-2)24-19-13-10-14-20-24/h9-14,17-20H,3-8,15-16,21-22H2,1-2H3. The number of anilines is 2. The zero-order chi connectivity index (χ0) is 20.0. The first-order chi connectivity index (χ1) is 13.8. The van der Waals surface area contributed by atoms with Crippen LogP contribution in [-0.4, -0.2) is 19.1 Å². The van der Waals surface area contributed by atoms with Crippen molar-refractivity contribution in [3.8, 4) is 0 Å². The summed E-state index contributed by atoms with van der Waals surface area (Å²) in [6.45, 7) is 5.96. The van der Waals surface area contributed by atoms with Gasteiger partial charge in [0.25, 0.3) is 0 Å². The van der Waals surface area contributed by atoms with E-state index in [1.807, 2.05) is 70.5 Å². The zero-order valence-corrected chi connectivity index (χ0v) is 17.6. The van der Waals surface area contributed by atoms with E-state index in [1.165, 1.54) is 25.7 Å². The highest BCUT2D eigenvalue weighted by Crippen LogP contribution is 2.22. The Hall–Kier alpha value is -2.29. The van der Waals surface area contributed by atoms with Crippen LogP contribution >= 0.6 is 0 Å². The molecule has 0 radical (unpaired) electrons. The lowest BCUT2D eigenvalue weighted by atomic mass is 10.1. The van der Waals surface area contributed by atoms with Crippen LogP contribution in [0.4, 0.5) is 16.2 Å². The molecule has 2 aromatic rings. The highest BCUT2D eigenvalue weighted by Gasteiger charge is 2.23. The number of carbonyl (C=O) groups excluding carboxylic acids is 1. The van der Waals surface area contributed by atoms with Crippen LogP contribution in [0.25, 0.3) is 0 Å². The molecule has 0 saturated heterocycles. The minimum atomic E-state index is 0.0883. The van der Waals surface area contributed by atoms with Crippen LogP contribution in [-0.2, 0) is 0 Å². The summed E-state index contributed by atoms with van der Waals surface area (Å²) in [7, 11) is 0. The molecule has 0 saturated carbocycles. The minimum Gasteiger partial charge on any atom is -0.294 e. The van der Waals surface area contributed by atoms with Gasteiger partial charge in [-0.25, -0.2) is 4.79 Å². The summed E-state index contributed by atoms with van der Waals surface area (Å²) in [5, 5.41) is 0. The fourth-order valence-corrected chi connectivity index (χ4v) is 3.43. The molecule has 0 bridgehead atoms. The summed E-state index contributed by atoms with van der Waals surface area (Å²) in [5.41, 5.74) is 1.97. The monoisotopic (exact) mass is 380 g/mol. The zero-order valence-electron chi connectivity index (χ0n) is 17.6. The van der Waals surface area contributed by atoms with E-state index in [0.29, 0.717) is 0 Å². The van der Waals surface area contributed by atoms with Gasteiger partial charge in [0.15, 0.2) is 0 Å². The van der Waals surface area contributed by atoms with Gasteiger partial charge in [-0.3, -0.25) is 9.80 Å². The predicted molar refractivity (Wildman–Crippen MR) is 121 cm³/mol. The highest BCUT2D eigenvalue weighted by atomic mass is 16.2. The lowest BCUT2D eigenvalue weighted by molar-refractivity contribution is 0.251. The summed E-state index contributed by atoms with van der Waals surface area (Å²) >= 11 is 0. The first kappa shape index (κ1) is 22.0. The molecular weight excluding hydrogens is 344 g/mol. The third-order valence-corrected chi connectivity index (χ3v) is 5.07. The van der Waals surface area contributed by atoms with Gasteiger partial charge in [0.1, 0.15) is 0 Å². The number of amides is 2. The topological polar surface area (TPSA) is 23.6 Å². The van der Waals surface area contributed by atoms with Crippen molar-refractivity contribution in [3.05, 3.63) is 60.7 Å². The van der Waals surface area contributed by atoms with Crippen LogP contribution in [0.15, 0.2) is 60.7 Å². The maximum absolute atomic E-state index is 13.6. The van der Waals surface area contributed by atoms with E-state index in [-0.39, 0.29) is 6.03 Å². The van der Waals surface area contributed by atoms with Gasteiger partial charge in [-0.05, 0) is 37.1 Å². The quantitative estimate of drug-likeness (QED) is 0.355. The maximum Gasteiger partial charge on any atom is 0.328 e. The molecular formula is C25H36N2O. The van der Waals surface area contributed by atoms with Crippen LogP contribution in [0, 0.1) is 0 Å². The van der Waals surface area contributed by atoms with E-state index in [4.69, 9.17) is 0 Å². The van der Waals surface area contributed by atoms with Crippen LogP contribution in [0.3, 0.4) is 0 Å². The second-order valence-corrected chi connectivity index (χ2v) is 7.38. The molecule has 2 amide bonds. The summed E-state index contributed by atoms with van der Waals surface area (Å²) in [6, 6.07) is 20.3. The molecule has 0 fully saturated rings. The Morgan fingerprint density at radius 2 is 1.00 bits per heavy atom. The van der Waals surface area contributed by atoms with E-state index in [2.05, 4.69) is 13.8 Å². The van der Waals surface area contributed by atoms with Crippen molar-refractivity contribution >= 4 is 17.4 Å². The third kappa shape index (κ3) is 7.03. The van der Waals surface area contributed by atoms with Crippen molar-refractivity contribution in [1.82, 2.24) is 0 Å². The molecule has 0 aliphatic rings. The lowest BCUT2D eigenvalue weighted by Gasteiger charge is -2.31. The fourth-order valence-electron chi connectivity index (χ4n) is 3.43. The van der Waals surface area contributed by atoms with E-state index >= 15 is 0 Å². The second kappa shape index (κ2) is 13.0. The van der Waals surface area contributed by atoms with Crippen molar-refractivity contribution in [2.24, 2.45) is 0 Å². The van der Waals surface area contributed by atoms with Crippen LogP contribution in [0.2, 0.25) is 0 Å².